The lowest BCUT2D eigenvalue weighted by Gasteiger charge is -2.29. The monoisotopic (exact) mass is 347 g/mol. The van der Waals surface area contributed by atoms with Crippen LogP contribution in [-0.4, -0.2) is 34.2 Å². The van der Waals surface area contributed by atoms with Crippen LogP contribution in [-0.2, 0) is 6.54 Å². The summed E-state index contributed by atoms with van der Waals surface area (Å²) in [5, 5.41) is 7.70. The molecule has 1 aromatic carbocycles. The molecule has 25 heavy (non-hydrogen) atoms. The maximum atomic E-state index is 14.0. The highest BCUT2D eigenvalue weighted by atomic mass is 19.1. The minimum absolute atomic E-state index is 0.000796. The zero-order valence-corrected chi connectivity index (χ0v) is 13.9. The Morgan fingerprint density at radius 3 is 2.60 bits per heavy atom. The number of hydrogen-bond acceptors (Lipinski definition) is 4. The third-order valence-electron chi connectivity index (χ3n) is 4.44. The van der Waals surface area contributed by atoms with Gasteiger partial charge in [0, 0.05) is 24.2 Å². The third kappa shape index (κ3) is 3.92. The van der Waals surface area contributed by atoms with Gasteiger partial charge in [0.15, 0.2) is 5.69 Å². The summed E-state index contributed by atoms with van der Waals surface area (Å²) in [6, 6.07) is 6.34. The Kier molecular flexibility index (Phi) is 5.21. The van der Waals surface area contributed by atoms with Crippen molar-refractivity contribution in [1.82, 2.24) is 15.1 Å². The number of halogens is 2. The molecule has 0 saturated heterocycles. The Morgan fingerprint density at radius 2 is 1.96 bits per heavy atom. The predicted molar refractivity (Wildman–Crippen MR) is 87.1 cm³/mol. The molecule has 0 radical (unpaired) electrons. The van der Waals surface area contributed by atoms with Crippen LogP contribution in [0.1, 0.15) is 41.7 Å². The van der Waals surface area contributed by atoms with Gasteiger partial charge in [0.05, 0.1) is 7.11 Å². The van der Waals surface area contributed by atoms with E-state index in [1.54, 1.807) is 11.0 Å². The topological polar surface area (TPSA) is 55.3 Å². The number of amides is 1. The maximum absolute atomic E-state index is 14.0. The normalized spacial score (nSPS) is 14.5. The van der Waals surface area contributed by atoms with Gasteiger partial charge < -0.3 is 9.64 Å². The number of carbonyl (C=O) groups is 1. The first-order chi connectivity index (χ1) is 12.1. The van der Waals surface area contributed by atoms with Crippen LogP contribution in [0.4, 0.5) is 8.78 Å². The number of hydrogen-bond donors (Lipinski definition) is 0. The van der Waals surface area contributed by atoms with Crippen molar-refractivity contribution in [3.8, 4) is 5.88 Å². The Morgan fingerprint density at radius 1 is 1.20 bits per heavy atom. The van der Waals surface area contributed by atoms with Crippen molar-refractivity contribution in [2.24, 2.45) is 0 Å². The van der Waals surface area contributed by atoms with Gasteiger partial charge in [0.1, 0.15) is 11.6 Å². The molecule has 1 heterocycles. The number of nitrogens with zero attached hydrogens (tertiary/aromatic N) is 3. The Bertz CT molecular complexity index is 746. The summed E-state index contributed by atoms with van der Waals surface area (Å²) in [5.41, 5.74) is 0.311. The summed E-state index contributed by atoms with van der Waals surface area (Å²) in [4.78, 5) is 14.5. The van der Waals surface area contributed by atoms with E-state index in [9.17, 15) is 13.6 Å². The molecule has 1 saturated carbocycles. The summed E-state index contributed by atoms with van der Waals surface area (Å²) in [7, 11) is 1.46. The van der Waals surface area contributed by atoms with E-state index in [1.807, 2.05) is 0 Å². The number of methoxy groups -OCH3 is 1. The van der Waals surface area contributed by atoms with Crippen LogP contribution >= 0.6 is 0 Å². The molecule has 2 aromatic rings. The summed E-state index contributed by atoms with van der Waals surface area (Å²) in [6.45, 7) is 0.000796. The van der Waals surface area contributed by atoms with Gasteiger partial charge in [0.25, 0.3) is 5.91 Å². The van der Waals surface area contributed by atoms with Crippen molar-refractivity contribution in [3.05, 3.63) is 53.2 Å². The van der Waals surface area contributed by atoms with Gasteiger partial charge in [-0.3, -0.25) is 4.79 Å². The van der Waals surface area contributed by atoms with E-state index >= 15 is 0 Å². The smallest absolute Gasteiger partial charge is 0.274 e. The quantitative estimate of drug-likeness (QED) is 0.832. The van der Waals surface area contributed by atoms with Crippen LogP contribution in [0, 0.1) is 11.6 Å². The van der Waals surface area contributed by atoms with Crippen molar-refractivity contribution in [2.75, 3.05) is 7.11 Å². The van der Waals surface area contributed by atoms with E-state index < -0.39 is 11.6 Å². The van der Waals surface area contributed by atoms with Gasteiger partial charge in [0.2, 0.25) is 5.88 Å². The van der Waals surface area contributed by atoms with E-state index in [2.05, 4.69) is 10.2 Å². The van der Waals surface area contributed by atoms with E-state index in [4.69, 9.17) is 4.74 Å². The van der Waals surface area contributed by atoms with Gasteiger partial charge in [-0.05, 0) is 37.1 Å². The molecule has 5 nitrogen and oxygen atoms in total. The van der Waals surface area contributed by atoms with E-state index in [1.165, 1.54) is 13.2 Å². The highest BCUT2D eigenvalue weighted by Crippen LogP contribution is 2.27. The lowest BCUT2D eigenvalue weighted by molar-refractivity contribution is 0.0654. The molecule has 0 bridgehead atoms. The summed E-state index contributed by atoms with van der Waals surface area (Å²) < 4.78 is 32.5. The first-order valence-electron chi connectivity index (χ1n) is 8.21. The van der Waals surface area contributed by atoms with E-state index in [0.29, 0.717) is 5.88 Å². The highest BCUT2D eigenvalue weighted by molar-refractivity contribution is 5.92. The van der Waals surface area contributed by atoms with Gasteiger partial charge in [-0.1, -0.05) is 12.8 Å². The highest BCUT2D eigenvalue weighted by Gasteiger charge is 2.29. The number of ether oxygens (including phenoxy) is 1. The third-order valence-corrected chi connectivity index (χ3v) is 4.44. The molecule has 132 valence electrons. The lowest BCUT2D eigenvalue weighted by atomic mass is 10.1. The molecular weight excluding hydrogens is 328 g/mol. The second-order valence-electron chi connectivity index (χ2n) is 6.07. The minimum atomic E-state index is -0.530. The molecule has 1 aliphatic rings. The largest absolute Gasteiger partial charge is 0.480 e. The fourth-order valence-corrected chi connectivity index (χ4v) is 3.12. The molecule has 1 aromatic heterocycles. The molecule has 1 fully saturated rings. The van der Waals surface area contributed by atoms with Gasteiger partial charge in [-0.2, -0.15) is 0 Å². The summed E-state index contributed by atoms with van der Waals surface area (Å²) in [6.07, 6.45) is 3.70. The van der Waals surface area contributed by atoms with Crippen LogP contribution < -0.4 is 4.74 Å². The Hall–Kier alpha value is -2.57. The van der Waals surface area contributed by atoms with Crippen LogP contribution in [0.2, 0.25) is 0 Å². The van der Waals surface area contributed by atoms with Gasteiger partial charge in [-0.25, -0.2) is 8.78 Å². The van der Waals surface area contributed by atoms with Gasteiger partial charge in [-0.15, -0.1) is 10.2 Å². The number of carbonyl (C=O) groups excluding carboxylic acids is 1. The molecule has 1 amide bonds. The summed E-state index contributed by atoms with van der Waals surface area (Å²) in [5.74, 6) is -1.09. The molecule has 3 rings (SSSR count). The molecular formula is C18H19F2N3O2. The van der Waals surface area contributed by atoms with Crippen LogP contribution in [0.25, 0.3) is 0 Å². The molecule has 0 aliphatic heterocycles. The lowest BCUT2D eigenvalue weighted by Crippen LogP contribution is -2.39. The van der Waals surface area contributed by atoms with Crippen molar-refractivity contribution >= 4 is 5.91 Å². The number of aromatic nitrogens is 2. The van der Waals surface area contributed by atoms with Crippen LogP contribution in [0.3, 0.4) is 0 Å². The molecule has 0 N–H and O–H groups in total. The fraction of sp³-hybridized carbons (Fsp3) is 0.389. The van der Waals surface area contributed by atoms with Crippen molar-refractivity contribution in [2.45, 2.75) is 38.3 Å². The summed E-state index contributed by atoms with van der Waals surface area (Å²) >= 11 is 0. The Labute approximate surface area is 144 Å². The first kappa shape index (κ1) is 17.3. The first-order valence-corrected chi connectivity index (χ1v) is 8.21. The second-order valence-corrected chi connectivity index (χ2v) is 6.07. The average molecular weight is 347 g/mol. The maximum Gasteiger partial charge on any atom is 0.274 e. The van der Waals surface area contributed by atoms with Crippen molar-refractivity contribution < 1.29 is 18.3 Å². The molecule has 1 aliphatic carbocycles. The number of benzene rings is 1. The van der Waals surface area contributed by atoms with Crippen molar-refractivity contribution in [1.29, 1.82) is 0 Å². The molecule has 0 atom stereocenters. The molecule has 7 heteroatoms. The molecule has 0 spiro atoms. The van der Waals surface area contributed by atoms with Crippen LogP contribution in [0.15, 0.2) is 30.3 Å². The van der Waals surface area contributed by atoms with Gasteiger partial charge >= 0.3 is 0 Å². The predicted octanol–water partition coefficient (Wildman–Crippen LogP) is 3.35. The van der Waals surface area contributed by atoms with Crippen LogP contribution in [0.5, 0.6) is 5.88 Å². The minimum Gasteiger partial charge on any atom is -0.480 e. The standard InChI is InChI=1S/C18H19F2N3O2/c1-25-17-9-8-16(21-22-17)18(24)23(14-4-2-3-5-14)11-12-10-13(19)6-7-15(12)20/h6-10,14H,2-5,11H2,1H3. The number of rotatable bonds is 5. The van der Waals surface area contributed by atoms with Crippen molar-refractivity contribution in [3.63, 3.8) is 0 Å². The second kappa shape index (κ2) is 7.55. The fourth-order valence-electron chi connectivity index (χ4n) is 3.12. The zero-order valence-electron chi connectivity index (χ0n) is 13.9. The SMILES string of the molecule is COc1ccc(C(=O)N(Cc2cc(F)ccc2F)C2CCCC2)nn1. The zero-order chi connectivity index (χ0) is 17.8. The average Bonchev–Trinajstić information content (AvgIpc) is 3.16. The van der Waals surface area contributed by atoms with E-state index in [0.717, 1.165) is 43.9 Å². The molecule has 0 unspecified atom stereocenters. The van der Waals surface area contributed by atoms with E-state index in [-0.39, 0.29) is 29.8 Å². The Balaban J connectivity index is 1.88.